The van der Waals surface area contributed by atoms with Gasteiger partial charge in [-0.3, -0.25) is 0 Å². The van der Waals surface area contributed by atoms with Gasteiger partial charge in [0.05, 0.1) is 12.8 Å². The maximum Gasteiger partial charge on any atom is 0.242 e. The first-order chi connectivity index (χ1) is 8.51. The number of hydrogen-bond acceptors (Lipinski definition) is 5. The van der Waals surface area contributed by atoms with Crippen molar-refractivity contribution in [1.29, 1.82) is 0 Å². The molecule has 0 radical (unpaired) electrons. The molecule has 0 fully saturated rings. The molecule has 0 aromatic heterocycles. The highest BCUT2D eigenvalue weighted by Gasteiger charge is 2.17. The minimum absolute atomic E-state index is 0.0562. The second-order valence-corrected chi connectivity index (χ2v) is 5.38. The molecule has 0 aliphatic heterocycles. The molecule has 0 spiro atoms. The largest absolute Gasteiger partial charge is 0.497 e. The van der Waals surface area contributed by atoms with Crippen molar-refractivity contribution in [3.63, 3.8) is 0 Å². The molecule has 18 heavy (non-hydrogen) atoms. The van der Waals surface area contributed by atoms with Crippen LogP contribution in [0.3, 0.4) is 0 Å². The summed E-state index contributed by atoms with van der Waals surface area (Å²) in [6.45, 7) is 0.808. The van der Waals surface area contributed by atoms with Crippen LogP contribution in [-0.4, -0.2) is 35.8 Å². The summed E-state index contributed by atoms with van der Waals surface area (Å²) in [6, 6.07) is 4.45. The zero-order chi connectivity index (χ0) is 13.6. The molecule has 0 saturated heterocycles. The van der Waals surface area contributed by atoms with E-state index in [0.717, 1.165) is 0 Å². The van der Waals surface area contributed by atoms with Crippen molar-refractivity contribution >= 4 is 15.7 Å². The summed E-state index contributed by atoms with van der Waals surface area (Å²) in [5, 5.41) is 0. The Balaban J connectivity index is 2.78. The Labute approximate surface area is 107 Å². The Morgan fingerprint density at radius 3 is 2.61 bits per heavy atom. The monoisotopic (exact) mass is 274 g/mol. The molecule has 0 bridgehead atoms. The van der Waals surface area contributed by atoms with Crippen LogP contribution in [0.4, 0.5) is 5.69 Å². The van der Waals surface area contributed by atoms with E-state index < -0.39 is 10.0 Å². The van der Waals surface area contributed by atoms with E-state index in [4.69, 9.17) is 15.2 Å². The highest BCUT2D eigenvalue weighted by molar-refractivity contribution is 7.89. The van der Waals surface area contributed by atoms with E-state index in [-0.39, 0.29) is 10.6 Å². The lowest BCUT2D eigenvalue weighted by molar-refractivity contribution is 0.196. The molecule has 1 rings (SSSR count). The minimum atomic E-state index is -3.58. The lowest BCUT2D eigenvalue weighted by Gasteiger charge is -2.10. The summed E-state index contributed by atoms with van der Waals surface area (Å²) in [6.07, 6.45) is 0.603. The molecule has 1 aromatic rings. The average Bonchev–Trinajstić information content (AvgIpc) is 2.34. The molecule has 0 heterocycles. The first-order valence-corrected chi connectivity index (χ1v) is 6.91. The maximum atomic E-state index is 11.9. The van der Waals surface area contributed by atoms with Crippen LogP contribution in [-0.2, 0) is 14.8 Å². The van der Waals surface area contributed by atoms with Gasteiger partial charge in [-0.1, -0.05) is 0 Å². The molecule has 3 N–H and O–H groups in total. The highest BCUT2D eigenvalue weighted by Crippen LogP contribution is 2.23. The fourth-order valence-corrected chi connectivity index (χ4v) is 2.58. The van der Waals surface area contributed by atoms with Crippen LogP contribution in [0.2, 0.25) is 0 Å². The van der Waals surface area contributed by atoms with E-state index in [1.165, 1.54) is 19.2 Å². The molecule has 0 saturated carbocycles. The SMILES string of the molecule is COCCCNS(=O)(=O)c1ccc(OC)cc1N. The summed E-state index contributed by atoms with van der Waals surface area (Å²) >= 11 is 0. The van der Waals surface area contributed by atoms with E-state index >= 15 is 0 Å². The Bertz CT molecular complexity index is 488. The number of ether oxygens (including phenoxy) is 2. The molecule has 0 unspecified atom stereocenters. The number of rotatable bonds is 7. The van der Waals surface area contributed by atoms with Crippen molar-refractivity contribution in [2.24, 2.45) is 0 Å². The van der Waals surface area contributed by atoms with Crippen molar-refractivity contribution in [2.75, 3.05) is 33.1 Å². The van der Waals surface area contributed by atoms with Gasteiger partial charge >= 0.3 is 0 Å². The molecule has 102 valence electrons. The van der Waals surface area contributed by atoms with Gasteiger partial charge in [-0.05, 0) is 18.6 Å². The molecule has 0 aliphatic rings. The van der Waals surface area contributed by atoms with Gasteiger partial charge in [0.25, 0.3) is 0 Å². The Kier molecular flexibility index (Phi) is 5.39. The Morgan fingerprint density at radius 2 is 2.06 bits per heavy atom. The third-order valence-electron chi connectivity index (χ3n) is 2.32. The van der Waals surface area contributed by atoms with Gasteiger partial charge in [0.15, 0.2) is 0 Å². The van der Waals surface area contributed by atoms with E-state index in [9.17, 15) is 8.42 Å². The van der Waals surface area contributed by atoms with Gasteiger partial charge in [0, 0.05) is 26.3 Å². The predicted molar refractivity (Wildman–Crippen MR) is 69.1 cm³/mol. The molecule has 6 nitrogen and oxygen atoms in total. The van der Waals surface area contributed by atoms with Crippen LogP contribution in [0.15, 0.2) is 23.1 Å². The van der Waals surface area contributed by atoms with Crippen molar-refractivity contribution in [3.8, 4) is 5.75 Å². The second-order valence-electron chi connectivity index (χ2n) is 3.65. The number of hydrogen-bond donors (Lipinski definition) is 2. The van der Waals surface area contributed by atoms with Crippen molar-refractivity contribution in [3.05, 3.63) is 18.2 Å². The number of nitrogens with two attached hydrogens (primary N) is 1. The first kappa shape index (κ1) is 14.7. The molecular formula is C11H18N2O4S. The molecule has 0 aliphatic carbocycles. The third kappa shape index (κ3) is 3.86. The maximum absolute atomic E-state index is 11.9. The lowest BCUT2D eigenvalue weighted by Crippen LogP contribution is -2.26. The topological polar surface area (TPSA) is 90.6 Å². The summed E-state index contributed by atoms with van der Waals surface area (Å²) in [5.41, 5.74) is 5.85. The fraction of sp³-hybridized carbons (Fsp3) is 0.455. The molecule has 7 heteroatoms. The number of nitrogens with one attached hydrogen (secondary N) is 1. The lowest BCUT2D eigenvalue weighted by atomic mass is 10.3. The number of methoxy groups -OCH3 is 2. The fourth-order valence-electron chi connectivity index (χ4n) is 1.40. The van der Waals surface area contributed by atoms with Gasteiger partial charge in [-0.15, -0.1) is 0 Å². The van der Waals surface area contributed by atoms with Crippen LogP contribution >= 0.6 is 0 Å². The second kappa shape index (κ2) is 6.58. The van der Waals surface area contributed by atoms with E-state index in [1.807, 2.05) is 0 Å². The molecular weight excluding hydrogens is 256 g/mol. The summed E-state index contributed by atoms with van der Waals surface area (Å²) in [4.78, 5) is 0.0562. The number of sulfonamides is 1. The van der Waals surface area contributed by atoms with Gasteiger partial charge in [0.1, 0.15) is 10.6 Å². The van der Waals surface area contributed by atoms with Crippen LogP contribution < -0.4 is 15.2 Å². The highest BCUT2D eigenvalue weighted by atomic mass is 32.2. The van der Waals surface area contributed by atoms with Crippen LogP contribution in [0.25, 0.3) is 0 Å². The summed E-state index contributed by atoms with van der Waals surface area (Å²) in [5.74, 6) is 0.519. The smallest absolute Gasteiger partial charge is 0.242 e. The van der Waals surface area contributed by atoms with Crippen LogP contribution in [0, 0.1) is 0 Å². The normalized spacial score (nSPS) is 11.4. The van der Waals surface area contributed by atoms with Gasteiger partial charge < -0.3 is 15.2 Å². The van der Waals surface area contributed by atoms with Crippen molar-refractivity contribution in [2.45, 2.75) is 11.3 Å². The van der Waals surface area contributed by atoms with E-state index in [2.05, 4.69) is 4.72 Å². The standard InChI is InChI=1S/C11H18N2O4S/c1-16-7-3-6-13-18(14,15)11-5-4-9(17-2)8-10(11)12/h4-5,8,13H,3,6-7,12H2,1-2H3. The number of benzene rings is 1. The molecule has 0 amide bonds. The molecule has 0 atom stereocenters. The first-order valence-electron chi connectivity index (χ1n) is 5.43. The summed E-state index contributed by atoms with van der Waals surface area (Å²) in [7, 11) is -0.525. The number of anilines is 1. The van der Waals surface area contributed by atoms with Crippen LogP contribution in [0.1, 0.15) is 6.42 Å². The van der Waals surface area contributed by atoms with Crippen LogP contribution in [0.5, 0.6) is 5.75 Å². The number of nitrogen functional groups attached to an aromatic ring is 1. The summed E-state index contributed by atoms with van der Waals surface area (Å²) < 4.78 is 36.2. The van der Waals surface area contributed by atoms with E-state index in [0.29, 0.717) is 25.3 Å². The van der Waals surface area contributed by atoms with Crippen molar-refractivity contribution in [1.82, 2.24) is 4.72 Å². The van der Waals surface area contributed by atoms with Gasteiger partial charge in [-0.2, -0.15) is 0 Å². The third-order valence-corrected chi connectivity index (χ3v) is 3.86. The van der Waals surface area contributed by atoms with Gasteiger partial charge in [0.2, 0.25) is 10.0 Å². The average molecular weight is 274 g/mol. The Hall–Kier alpha value is -1.31. The zero-order valence-electron chi connectivity index (χ0n) is 10.5. The minimum Gasteiger partial charge on any atom is -0.497 e. The Morgan fingerprint density at radius 1 is 1.33 bits per heavy atom. The quantitative estimate of drug-likeness (QED) is 0.561. The molecule has 1 aromatic carbocycles. The predicted octanol–water partition coefficient (Wildman–Crippen LogP) is 0.592. The van der Waals surface area contributed by atoms with Crippen molar-refractivity contribution < 1.29 is 17.9 Å². The van der Waals surface area contributed by atoms with Gasteiger partial charge in [-0.25, -0.2) is 13.1 Å². The van der Waals surface area contributed by atoms with E-state index in [1.54, 1.807) is 13.2 Å². The zero-order valence-corrected chi connectivity index (χ0v) is 11.3.